The molecule has 5 heteroatoms. The minimum atomic E-state index is -0.260. The number of aromatic nitrogens is 1. The summed E-state index contributed by atoms with van der Waals surface area (Å²) in [5.74, 6) is 0.656. The van der Waals surface area contributed by atoms with E-state index < -0.39 is 0 Å². The monoisotopic (exact) mass is 324 g/mol. The number of piperidine rings is 1. The first-order chi connectivity index (χ1) is 11.6. The number of benzene rings is 1. The number of nitrogens with zero attached hydrogens (tertiary/aromatic N) is 3. The molecule has 2 atom stereocenters. The predicted molar refractivity (Wildman–Crippen MR) is 97.4 cm³/mol. The van der Waals surface area contributed by atoms with Crippen molar-refractivity contribution in [1.82, 2.24) is 9.88 Å². The van der Waals surface area contributed by atoms with Crippen LogP contribution in [0.3, 0.4) is 0 Å². The Balaban J connectivity index is 1.99. The van der Waals surface area contributed by atoms with Crippen LogP contribution >= 0.6 is 0 Å². The summed E-state index contributed by atoms with van der Waals surface area (Å²) < 4.78 is 0. The molecule has 2 aromatic rings. The van der Waals surface area contributed by atoms with Gasteiger partial charge in [0.1, 0.15) is 0 Å². The molecular weight excluding hydrogens is 300 g/mol. The SMILES string of the molecule is C/N=C\c1ccc([C@H]2C[C@H](C)CN(CC(N)=O)C2)c2cccnc12. The lowest BCUT2D eigenvalue weighted by molar-refractivity contribution is -0.119. The molecule has 1 aromatic carbocycles. The summed E-state index contributed by atoms with van der Waals surface area (Å²) in [6.45, 7) is 4.35. The zero-order chi connectivity index (χ0) is 17.1. The van der Waals surface area contributed by atoms with Crippen LogP contribution in [0.4, 0.5) is 0 Å². The van der Waals surface area contributed by atoms with E-state index in [1.165, 1.54) is 10.9 Å². The number of pyridine rings is 1. The highest BCUT2D eigenvalue weighted by atomic mass is 16.1. The number of carbonyl (C=O) groups excluding carboxylic acids is 1. The van der Waals surface area contributed by atoms with Gasteiger partial charge in [0, 0.05) is 43.5 Å². The molecule has 5 nitrogen and oxygen atoms in total. The van der Waals surface area contributed by atoms with E-state index in [2.05, 4.69) is 40.0 Å². The Morgan fingerprint density at radius 1 is 1.42 bits per heavy atom. The average Bonchev–Trinajstić information content (AvgIpc) is 2.54. The van der Waals surface area contributed by atoms with Gasteiger partial charge in [0.25, 0.3) is 0 Å². The van der Waals surface area contributed by atoms with Gasteiger partial charge in [-0.15, -0.1) is 0 Å². The quantitative estimate of drug-likeness (QED) is 0.876. The van der Waals surface area contributed by atoms with E-state index in [-0.39, 0.29) is 5.91 Å². The van der Waals surface area contributed by atoms with Crippen LogP contribution in [0.25, 0.3) is 10.9 Å². The summed E-state index contributed by atoms with van der Waals surface area (Å²) in [5, 5.41) is 1.17. The predicted octanol–water partition coefficient (Wildman–Crippen LogP) is 2.19. The number of rotatable bonds is 4. The Hall–Kier alpha value is -2.27. The van der Waals surface area contributed by atoms with Gasteiger partial charge in [-0.3, -0.25) is 19.7 Å². The molecule has 1 aliphatic rings. The summed E-state index contributed by atoms with van der Waals surface area (Å²) in [6, 6.07) is 8.38. The lowest BCUT2D eigenvalue weighted by Crippen LogP contribution is -2.43. The maximum Gasteiger partial charge on any atom is 0.231 e. The van der Waals surface area contributed by atoms with E-state index in [0.29, 0.717) is 18.4 Å². The number of fused-ring (bicyclic) bond motifs is 1. The number of hydrogen-bond donors (Lipinski definition) is 1. The third kappa shape index (κ3) is 3.46. The summed E-state index contributed by atoms with van der Waals surface area (Å²) in [7, 11) is 1.77. The second kappa shape index (κ2) is 7.09. The van der Waals surface area contributed by atoms with Gasteiger partial charge in [-0.2, -0.15) is 0 Å². The highest BCUT2D eigenvalue weighted by Gasteiger charge is 2.27. The third-order valence-corrected chi connectivity index (χ3v) is 4.66. The molecule has 2 heterocycles. The van der Waals surface area contributed by atoms with Crippen LogP contribution in [0.15, 0.2) is 35.5 Å². The Morgan fingerprint density at radius 3 is 3.00 bits per heavy atom. The molecule has 0 radical (unpaired) electrons. The number of primary amides is 1. The van der Waals surface area contributed by atoms with Crippen LogP contribution < -0.4 is 5.73 Å². The van der Waals surface area contributed by atoms with E-state index in [1.807, 2.05) is 18.5 Å². The van der Waals surface area contributed by atoms with Crippen molar-refractivity contribution in [2.45, 2.75) is 19.3 Å². The van der Waals surface area contributed by atoms with Crippen LogP contribution in [-0.2, 0) is 4.79 Å². The molecule has 1 amide bonds. The van der Waals surface area contributed by atoms with Gasteiger partial charge in [0.05, 0.1) is 12.1 Å². The zero-order valence-corrected chi connectivity index (χ0v) is 14.3. The van der Waals surface area contributed by atoms with E-state index in [1.54, 1.807) is 7.05 Å². The van der Waals surface area contributed by atoms with Gasteiger partial charge in [-0.25, -0.2) is 0 Å². The van der Waals surface area contributed by atoms with Crippen molar-refractivity contribution >= 4 is 23.0 Å². The standard InChI is InChI=1S/C19H24N4O/c1-13-8-15(11-23(10-13)12-18(20)24)16-6-5-14(9-21-2)19-17(16)4-3-7-22-19/h3-7,9,13,15H,8,10-12H2,1-2H3,(H2,20,24)/b21-9-/t13-,15-/m0/s1. The van der Waals surface area contributed by atoms with Crippen molar-refractivity contribution in [2.24, 2.45) is 16.6 Å². The first-order valence-corrected chi connectivity index (χ1v) is 8.39. The lowest BCUT2D eigenvalue weighted by Gasteiger charge is -2.36. The second-order valence-corrected chi connectivity index (χ2v) is 6.73. The number of carbonyl (C=O) groups is 1. The molecular formula is C19H24N4O. The molecule has 1 aromatic heterocycles. The van der Waals surface area contributed by atoms with Crippen LogP contribution in [0.5, 0.6) is 0 Å². The number of likely N-dealkylation sites (tertiary alicyclic amines) is 1. The van der Waals surface area contributed by atoms with E-state index >= 15 is 0 Å². The van der Waals surface area contributed by atoms with Gasteiger partial charge < -0.3 is 5.73 Å². The lowest BCUT2D eigenvalue weighted by atomic mass is 9.83. The van der Waals surface area contributed by atoms with E-state index in [4.69, 9.17) is 5.73 Å². The number of aliphatic imine (C=N–C) groups is 1. The number of nitrogens with two attached hydrogens (primary N) is 1. The fourth-order valence-electron chi connectivity index (χ4n) is 3.85. The second-order valence-electron chi connectivity index (χ2n) is 6.73. The van der Waals surface area contributed by atoms with Gasteiger partial charge in [-0.05, 0) is 29.9 Å². The Morgan fingerprint density at radius 2 is 2.25 bits per heavy atom. The van der Waals surface area contributed by atoms with Crippen LogP contribution in [0, 0.1) is 5.92 Å². The molecule has 1 fully saturated rings. The fourth-order valence-corrected chi connectivity index (χ4v) is 3.85. The molecule has 126 valence electrons. The third-order valence-electron chi connectivity index (χ3n) is 4.66. The van der Waals surface area contributed by atoms with Crippen molar-refractivity contribution < 1.29 is 4.79 Å². The molecule has 0 aliphatic carbocycles. The first kappa shape index (κ1) is 16.6. The molecule has 24 heavy (non-hydrogen) atoms. The highest BCUT2D eigenvalue weighted by molar-refractivity contribution is 5.98. The van der Waals surface area contributed by atoms with E-state index in [9.17, 15) is 4.79 Å². The van der Waals surface area contributed by atoms with Crippen molar-refractivity contribution in [3.63, 3.8) is 0 Å². The van der Waals surface area contributed by atoms with Crippen molar-refractivity contribution in [3.05, 3.63) is 41.6 Å². The Kier molecular flexibility index (Phi) is 4.90. The largest absolute Gasteiger partial charge is 0.369 e. The van der Waals surface area contributed by atoms with Gasteiger partial charge in [0.2, 0.25) is 5.91 Å². The number of hydrogen-bond acceptors (Lipinski definition) is 4. The topological polar surface area (TPSA) is 71.6 Å². The molecule has 0 unspecified atom stereocenters. The normalized spacial score (nSPS) is 22.2. The zero-order valence-electron chi connectivity index (χ0n) is 14.3. The summed E-state index contributed by atoms with van der Waals surface area (Å²) in [4.78, 5) is 22.2. The summed E-state index contributed by atoms with van der Waals surface area (Å²) >= 11 is 0. The molecule has 0 saturated carbocycles. The van der Waals surface area contributed by atoms with Crippen molar-refractivity contribution in [3.8, 4) is 0 Å². The maximum absolute atomic E-state index is 11.3. The van der Waals surface area contributed by atoms with Gasteiger partial charge >= 0.3 is 0 Å². The summed E-state index contributed by atoms with van der Waals surface area (Å²) in [6.07, 6.45) is 4.78. The van der Waals surface area contributed by atoms with Crippen molar-refractivity contribution in [2.75, 3.05) is 26.7 Å². The molecule has 1 aliphatic heterocycles. The summed E-state index contributed by atoms with van der Waals surface area (Å²) in [5.41, 5.74) is 8.71. The van der Waals surface area contributed by atoms with Gasteiger partial charge in [-0.1, -0.05) is 25.1 Å². The Bertz CT molecular complexity index is 771. The molecule has 0 spiro atoms. The van der Waals surface area contributed by atoms with E-state index in [0.717, 1.165) is 30.6 Å². The van der Waals surface area contributed by atoms with Crippen LogP contribution in [0.2, 0.25) is 0 Å². The van der Waals surface area contributed by atoms with Crippen LogP contribution in [0.1, 0.15) is 30.4 Å². The number of amides is 1. The minimum absolute atomic E-state index is 0.260. The molecule has 0 bridgehead atoms. The average molecular weight is 324 g/mol. The minimum Gasteiger partial charge on any atom is -0.369 e. The van der Waals surface area contributed by atoms with Crippen LogP contribution in [-0.4, -0.2) is 48.7 Å². The molecule has 2 N–H and O–H groups in total. The highest BCUT2D eigenvalue weighted by Crippen LogP contribution is 2.34. The van der Waals surface area contributed by atoms with Crippen molar-refractivity contribution in [1.29, 1.82) is 0 Å². The van der Waals surface area contributed by atoms with Gasteiger partial charge in [0.15, 0.2) is 0 Å². The fraction of sp³-hybridized carbons (Fsp3) is 0.421. The molecule has 3 rings (SSSR count). The smallest absolute Gasteiger partial charge is 0.231 e. The Labute approximate surface area is 142 Å². The first-order valence-electron chi connectivity index (χ1n) is 8.39. The molecule has 1 saturated heterocycles. The maximum atomic E-state index is 11.3.